The van der Waals surface area contributed by atoms with Crippen LogP contribution in [0.15, 0.2) is 27.5 Å². The summed E-state index contributed by atoms with van der Waals surface area (Å²) in [4.78, 5) is 16.8. The minimum Gasteiger partial charge on any atom is -0.379 e. The Bertz CT molecular complexity index is 636. The maximum Gasteiger partial charge on any atom is 0.261 e. The lowest BCUT2D eigenvalue weighted by atomic mass is 10.2. The highest BCUT2D eigenvalue weighted by atomic mass is 79.9. The second-order valence-corrected chi connectivity index (χ2v) is 4.92. The van der Waals surface area contributed by atoms with E-state index in [9.17, 15) is 4.79 Å². The normalized spacial score (nSPS) is 15.6. The van der Waals surface area contributed by atoms with Crippen molar-refractivity contribution in [2.45, 2.75) is 13.0 Å². The Labute approximate surface area is 106 Å². The van der Waals surface area contributed by atoms with Gasteiger partial charge in [-0.2, -0.15) is 0 Å². The molecule has 2 aromatic rings. The first-order valence-electron chi connectivity index (χ1n) is 5.52. The monoisotopic (exact) mass is 294 g/mol. The van der Waals surface area contributed by atoms with Gasteiger partial charge in [-0.25, -0.2) is 4.98 Å². The van der Waals surface area contributed by atoms with E-state index in [0.717, 1.165) is 15.8 Å². The van der Waals surface area contributed by atoms with Gasteiger partial charge >= 0.3 is 0 Å². The number of aromatic nitrogens is 2. The molecule has 5 heteroatoms. The molecule has 0 fully saturated rings. The van der Waals surface area contributed by atoms with Crippen molar-refractivity contribution in [2.24, 2.45) is 0 Å². The summed E-state index contributed by atoms with van der Waals surface area (Å²) in [7, 11) is 0. The molecule has 0 saturated heterocycles. The van der Waals surface area contributed by atoms with Gasteiger partial charge in [0, 0.05) is 10.9 Å². The Kier molecular flexibility index (Phi) is 2.72. The van der Waals surface area contributed by atoms with Crippen LogP contribution in [-0.2, 0) is 17.7 Å². The third-order valence-corrected chi connectivity index (χ3v) is 3.42. The van der Waals surface area contributed by atoms with Gasteiger partial charge in [0.1, 0.15) is 5.82 Å². The highest BCUT2D eigenvalue weighted by molar-refractivity contribution is 9.10. The molecule has 1 aromatic heterocycles. The molecule has 0 atom stereocenters. The molecule has 1 aliphatic heterocycles. The van der Waals surface area contributed by atoms with Crippen LogP contribution in [0.4, 0.5) is 0 Å². The van der Waals surface area contributed by atoms with Crippen LogP contribution in [0.25, 0.3) is 10.9 Å². The number of hydrogen-bond acceptors (Lipinski definition) is 3. The van der Waals surface area contributed by atoms with Gasteiger partial charge in [-0.1, -0.05) is 15.9 Å². The van der Waals surface area contributed by atoms with Crippen molar-refractivity contribution in [3.8, 4) is 0 Å². The number of halogens is 1. The zero-order valence-corrected chi connectivity index (χ0v) is 10.7. The Morgan fingerprint density at radius 3 is 3.12 bits per heavy atom. The Balaban J connectivity index is 2.33. The van der Waals surface area contributed by atoms with Gasteiger partial charge in [0.15, 0.2) is 0 Å². The predicted molar refractivity (Wildman–Crippen MR) is 68.2 cm³/mol. The van der Waals surface area contributed by atoms with Gasteiger partial charge in [-0.05, 0) is 18.2 Å². The smallest absolute Gasteiger partial charge is 0.261 e. The number of hydrogen-bond donors (Lipinski definition) is 0. The van der Waals surface area contributed by atoms with Crippen molar-refractivity contribution in [3.05, 3.63) is 38.9 Å². The Morgan fingerprint density at radius 2 is 2.24 bits per heavy atom. The highest BCUT2D eigenvalue weighted by Crippen LogP contribution is 2.16. The standard InChI is InChI=1S/C12H11BrN2O2/c13-8-1-2-9-10(7-8)14-11-3-5-17-6-4-15(11)12(9)16/h1-2,7H,3-6H2. The van der Waals surface area contributed by atoms with E-state index < -0.39 is 0 Å². The summed E-state index contributed by atoms with van der Waals surface area (Å²) < 4.78 is 8.04. The number of benzene rings is 1. The molecule has 1 aliphatic rings. The first-order valence-corrected chi connectivity index (χ1v) is 6.32. The summed E-state index contributed by atoms with van der Waals surface area (Å²) >= 11 is 3.39. The van der Waals surface area contributed by atoms with Crippen molar-refractivity contribution in [2.75, 3.05) is 13.2 Å². The fourth-order valence-corrected chi connectivity index (χ4v) is 2.43. The van der Waals surface area contributed by atoms with E-state index in [1.54, 1.807) is 4.57 Å². The topological polar surface area (TPSA) is 44.1 Å². The highest BCUT2D eigenvalue weighted by Gasteiger charge is 2.13. The number of rotatable bonds is 0. The molecule has 0 bridgehead atoms. The molecule has 0 saturated carbocycles. The zero-order valence-electron chi connectivity index (χ0n) is 9.15. The van der Waals surface area contributed by atoms with Crippen molar-refractivity contribution in [1.29, 1.82) is 0 Å². The summed E-state index contributed by atoms with van der Waals surface area (Å²) in [6, 6.07) is 5.56. The van der Waals surface area contributed by atoms with Gasteiger partial charge in [0.2, 0.25) is 0 Å². The molecular formula is C12H11BrN2O2. The van der Waals surface area contributed by atoms with Crippen molar-refractivity contribution in [3.63, 3.8) is 0 Å². The average molecular weight is 295 g/mol. The van der Waals surface area contributed by atoms with Crippen LogP contribution in [0, 0.1) is 0 Å². The van der Waals surface area contributed by atoms with Crippen LogP contribution < -0.4 is 5.56 Å². The molecule has 0 spiro atoms. The van der Waals surface area contributed by atoms with Gasteiger partial charge in [-0.15, -0.1) is 0 Å². The number of nitrogens with zero attached hydrogens (tertiary/aromatic N) is 2. The minimum absolute atomic E-state index is 0.0306. The molecular weight excluding hydrogens is 284 g/mol. The SMILES string of the molecule is O=c1c2ccc(Br)cc2nc2n1CCOCC2. The van der Waals surface area contributed by atoms with Gasteiger partial charge in [0.05, 0.1) is 30.7 Å². The molecule has 1 aromatic carbocycles. The van der Waals surface area contributed by atoms with Crippen LogP contribution in [0.2, 0.25) is 0 Å². The van der Waals surface area contributed by atoms with E-state index in [4.69, 9.17) is 4.74 Å². The van der Waals surface area contributed by atoms with E-state index in [1.165, 1.54) is 0 Å². The number of fused-ring (bicyclic) bond motifs is 2. The Hall–Kier alpha value is -1.20. The summed E-state index contributed by atoms with van der Waals surface area (Å²) in [5.41, 5.74) is 0.778. The molecule has 4 nitrogen and oxygen atoms in total. The minimum atomic E-state index is 0.0306. The second kappa shape index (κ2) is 4.23. The van der Waals surface area contributed by atoms with Crippen LogP contribution >= 0.6 is 15.9 Å². The van der Waals surface area contributed by atoms with E-state index in [-0.39, 0.29) is 5.56 Å². The maximum absolute atomic E-state index is 12.3. The summed E-state index contributed by atoms with van der Waals surface area (Å²) in [5.74, 6) is 0.818. The molecule has 17 heavy (non-hydrogen) atoms. The van der Waals surface area contributed by atoms with Gasteiger partial charge in [0.25, 0.3) is 5.56 Å². The quantitative estimate of drug-likeness (QED) is 0.743. The molecule has 88 valence electrons. The van der Waals surface area contributed by atoms with Crippen molar-refractivity contribution >= 4 is 26.8 Å². The lowest BCUT2D eigenvalue weighted by Crippen LogP contribution is -2.25. The summed E-state index contributed by atoms with van der Waals surface area (Å²) in [6.07, 6.45) is 0.692. The Morgan fingerprint density at radius 1 is 1.35 bits per heavy atom. The fraction of sp³-hybridized carbons (Fsp3) is 0.333. The van der Waals surface area contributed by atoms with E-state index >= 15 is 0 Å². The molecule has 0 N–H and O–H groups in total. The largest absolute Gasteiger partial charge is 0.379 e. The van der Waals surface area contributed by atoms with E-state index in [2.05, 4.69) is 20.9 Å². The maximum atomic E-state index is 12.3. The zero-order chi connectivity index (χ0) is 11.8. The third-order valence-electron chi connectivity index (χ3n) is 2.93. The van der Waals surface area contributed by atoms with Crippen LogP contribution in [0.5, 0.6) is 0 Å². The van der Waals surface area contributed by atoms with Crippen molar-refractivity contribution < 1.29 is 4.74 Å². The van der Waals surface area contributed by atoms with Crippen LogP contribution in [0.1, 0.15) is 5.82 Å². The predicted octanol–water partition coefficient (Wildman–Crippen LogP) is 1.73. The molecule has 0 radical (unpaired) electrons. The molecule has 0 unspecified atom stereocenters. The summed E-state index contributed by atoms with van der Waals surface area (Å²) in [5, 5.41) is 0.666. The third kappa shape index (κ3) is 1.89. The van der Waals surface area contributed by atoms with Crippen molar-refractivity contribution in [1.82, 2.24) is 9.55 Å². The van der Waals surface area contributed by atoms with E-state index in [1.807, 2.05) is 18.2 Å². The van der Waals surface area contributed by atoms with Gasteiger partial charge in [-0.3, -0.25) is 9.36 Å². The first-order chi connectivity index (χ1) is 8.25. The van der Waals surface area contributed by atoms with E-state index in [0.29, 0.717) is 31.6 Å². The molecule has 2 heterocycles. The van der Waals surface area contributed by atoms with Crippen LogP contribution in [0.3, 0.4) is 0 Å². The first kappa shape index (κ1) is 10.9. The molecule has 0 amide bonds. The molecule has 3 rings (SSSR count). The molecule has 0 aliphatic carbocycles. The second-order valence-electron chi connectivity index (χ2n) is 4.01. The average Bonchev–Trinajstić information content (AvgIpc) is 2.54. The fourth-order valence-electron chi connectivity index (χ4n) is 2.08. The lowest BCUT2D eigenvalue weighted by molar-refractivity contribution is 0.140. The summed E-state index contributed by atoms with van der Waals surface area (Å²) in [6.45, 7) is 1.80. The lowest BCUT2D eigenvalue weighted by Gasteiger charge is -2.09. The number of ether oxygens (including phenoxy) is 1. The van der Waals surface area contributed by atoms with Crippen LogP contribution in [-0.4, -0.2) is 22.8 Å². The van der Waals surface area contributed by atoms with Gasteiger partial charge < -0.3 is 4.74 Å².